The Morgan fingerprint density at radius 1 is 1.25 bits per heavy atom. The molecule has 0 saturated carbocycles. The summed E-state index contributed by atoms with van der Waals surface area (Å²) in [5, 5.41) is 0. The molecule has 1 aromatic carbocycles. The highest BCUT2D eigenvalue weighted by Crippen LogP contribution is 2.41. The van der Waals surface area contributed by atoms with Gasteiger partial charge in [-0.1, -0.05) is 24.3 Å². The second-order valence-electron chi connectivity index (χ2n) is 5.41. The lowest BCUT2D eigenvalue weighted by atomic mass is 9.78. The summed E-state index contributed by atoms with van der Waals surface area (Å²) in [6.45, 7) is -0.508. The zero-order valence-electron chi connectivity index (χ0n) is 11.4. The van der Waals surface area contributed by atoms with Crippen LogP contribution in [0.25, 0.3) is 0 Å². The SMILES string of the molecule is NCC1(CCCOCC(F)(F)F)CCc2ccccc21. The normalized spacial score (nSPS) is 22.0. The number of benzene rings is 1. The van der Waals surface area contributed by atoms with Gasteiger partial charge >= 0.3 is 6.18 Å². The third kappa shape index (κ3) is 3.52. The molecule has 1 aliphatic rings. The van der Waals surface area contributed by atoms with Gasteiger partial charge in [0.1, 0.15) is 6.61 Å². The molecule has 1 atom stereocenters. The number of nitrogens with two attached hydrogens (primary N) is 1. The molecule has 2 rings (SSSR count). The van der Waals surface area contributed by atoms with Gasteiger partial charge in [-0.2, -0.15) is 13.2 Å². The van der Waals surface area contributed by atoms with Crippen LogP contribution in [0.4, 0.5) is 13.2 Å². The van der Waals surface area contributed by atoms with Gasteiger partial charge in [0.25, 0.3) is 0 Å². The highest BCUT2D eigenvalue weighted by atomic mass is 19.4. The highest BCUT2D eigenvalue weighted by Gasteiger charge is 2.36. The van der Waals surface area contributed by atoms with E-state index < -0.39 is 12.8 Å². The van der Waals surface area contributed by atoms with Crippen molar-refractivity contribution in [3.63, 3.8) is 0 Å². The van der Waals surface area contributed by atoms with Crippen molar-refractivity contribution < 1.29 is 17.9 Å². The van der Waals surface area contributed by atoms with Crippen LogP contribution in [0.3, 0.4) is 0 Å². The Bertz CT molecular complexity index is 447. The summed E-state index contributed by atoms with van der Waals surface area (Å²) < 4.78 is 40.6. The first-order valence-corrected chi connectivity index (χ1v) is 6.90. The maximum Gasteiger partial charge on any atom is 0.411 e. The lowest BCUT2D eigenvalue weighted by Gasteiger charge is -2.29. The number of halogens is 3. The Morgan fingerprint density at radius 2 is 2.00 bits per heavy atom. The van der Waals surface area contributed by atoms with Crippen molar-refractivity contribution in [2.75, 3.05) is 19.8 Å². The van der Waals surface area contributed by atoms with Crippen LogP contribution in [0.15, 0.2) is 24.3 Å². The van der Waals surface area contributed by atoms with Gasteiger partial charge in [0.2, 0.25) is 0 Å². The van der Waals surface area contributed by atoms with Gasteiger partial charge in [-0.05, 0) is 36.8 Å². The zero-order valence-corrected chi connectivity index (χ0v) is 11.4. The van der Waals surface area contributed by atoms with Gasteiger partial charge in [-0.3, -0.25) is 0 Å². The maximum absolute atomic E-state index is 12.0. The molecular weight excluding hydrogens is 267 g/mol. The summed E-state index contributed by atoms with van der Waals surface area (Å²) in [6, 6.07) is 8.20. The lowest BCUT2D eigenvalue weighted by Crippen LogP contribution is -2.33. The van der Waals surface area contributed by atoms with Crippen LogP contribution in [0, 0.1) is 0 Å². The van der Waals surface area contributed by atoms with E-state index in [0.717, 1.165) is 19.3 Å². The standard InChI is InChI=1S/C15H20F3NO/c16-15(17,18)11-20-9-3-7-14(10-19)8-6-12-4-1-2-5-13(12)14/h1-2,4-5H,3,6-11,19H2. The highest BCUT2D eigenvalue weighted by molar-refractivity contribution is 5.39. The number of fused-ring (bicyclic) bond motifs is 1. The Kier molecular flexibility index (Phi) is 4.70. The van der Waals surface area contributed by atoms with E-state index in [0.29, 0.717) is 13.0 Å². The monoisotopic (exact) mass is 287 g/mol. The smallest absolute Gasteiger partial charge is 0.372 e. The first kappa shape index (κ1) is 15.3. The molecule has 2 N–H and O–H groups in total. The number of aryl methyl sites for hydroxylation is 1. The molecule has 0 spiro atoms. The first-order chi connectivity index (χ1) is 9.47. The van der Waals surface area contributed by atoms with Crippen LogP contribution in [0.5, 0.6) is 0 Å². The molecule has 20 heavy (non-hydrogen) atoms. The minimum Gasteiger partial charge on any atom is -0.372 e. The van der Waals surface area contributed by atoms with Crippen molar-refractivity contribution in [2.24, 2.45) is 5.73 Å². The van der Waals surface area contributed by atoms with Crippen LogP contribution in [-0.2, 0) is 16.6 Å². The fraction of sp³-hybridized carbons (Fsp3) is 0.600. The summed E-state index contributed by atoms with van der Waals surface area (Å²) >= 11 is 0. The van der Waals surface area contributed by atoms with Crippen LogP contribution >= 0.6 is 0 Å². The molecule has 112 valence electrons. The predicted octanol–water partition coefficient (Wildman–Crippen LogP) is 3.19. The molecule has 0 heterocycles. The van der Waals surface area contributed by atoms with Crippen molar-refractivity contribution in [1.29, 1.82) is 0 Å². The fourth-order valence-corrected chi connectivity index (χ4v) is 3.04. The van der Waals surface area contributed by atoms with E-state index in [1.165, 1.54) is 11.1 Å². The Hall–Kier alpha value is -1.07. The quantitative estimate of drug-likeness (QED) is 0.816. The van der Waals surface area contributed by atoms with Crippen LogP contribution < -0.4 is 5.73 Å². The second-order valence-corrected chi connectivity index (χ2v) is 5.41. The zero-order chi connectivity index (χ0) is 14.6. The maximum atomic E-state index is 12.0. The van der Waals surface area contributed by atoms with Crippen LogP contribution in [0.2, 0.25) is 0 Å². The van der Waals surface area contributed by atoms with Gasteiger partial charge in [0, 0.05) is 18.6 Å². The molecule has 0 aromatic heterocycles. The molecule has 0 bridgehead atoms. The number of rotatable bonds is 6. The summed E-state index contributed by atoms with van der Waals surface area (Å²) in [5.74, 6) is 0. The first-order valence-electron chi connectivity index (χ1n) is 6.90. The van der Waals surface area contributed by atoms with Crippen molar-refractivity contribution in [3.8, 4) is 0 Å². The average Bonchev–Trinajstić information content (AvgIpc) is 2.77. The van der Waals surface area contributed by atoms with Crippen molar-refractivity contribution in [1.82, 2.24) is 0 Å². The minimum atomic E-state index is -4.24. The van der Waals surface area contributed by atoms with E-state index in [9.17, 15) is 13.2 Å². The third-order valence-electron chi connectivity index (χ3n) is 4.06. The Labute approximate surface area is 117 Å². The fourth-order valence-electron chi connectivity index (χ4n) is 3.04. The van der Waals surface area contributed by atoms with Gasteiger partial charge in [-0.25, -0.2) is 0 Å². The van der Waals surface area contributed by atoms with Crippen molar-refractivity contribution in [2.45, 2.75) is 37.3 Å². The molecule has 2 nitrogen and oxygen atoms in total. The molecule has 1 aromatic rings. The summed E-state index contributed by atoms with van der Waals surface area (Å²) in [5.41, 5.74) is 8.44. The number of ether oxygens (including phenoxy) is 1. The van der Waals surface area contributed by atoms with Gasteiger partial charge in [-0.15, -0.1) is 0 Å². The van der Waals surface area contributed by atoms with Gasteiger partial charge < -0.3 is 10.5 Å². The van der Waals surface area contributed by atoms with Crippen molar-refractivity contribution in [3.05, 3.63) is 35.4 Å². The second kappa shape index (κ2) is 6.14. The number of alkyl halides is 3. The molecule has 0 radical (unpaired) electrons. The van der Waals surface area contributed by atoms with Crippen molar-refractivity contribution >= 4 is 0 Å². The van der Waals surface area contributed by atoms with E-state index >= 15 is 0 Å². The molecule has 0 fully saturated rings. The summed E-state index contributed by atoms with van der Waals surface area (Å²) in [7, 11) is 0. The lowest BCUT2D eigenvalue weighted by molar-refractivity contribution is -0.174. The molecule has 0 aliphatic heterocycles. The molecular formula is C15H20F3NO. The van der Waals surface area contributed by atoms with E-state index in [1.807, 2.05) is 12.1 Å². The molecule has 0 saturated heterocycles. The van der Waals surface area contributed by atoms with Crippen LogP contribution in [-0.4, -0.2) is 25.9 Å². The predicted molar refractivity (Wildman–Crippen MR) is 71.6 cm³/mol. The van der Waals surface area contributed by atoms with E-state index in [1.54, 1.807) is 0 Å². The van der Waals surface area contributed by atoms with Crippen LogP contribution in [0.1, 0.15) is 30.4 Å². The molecule has 5 heteroatoms. The number of hydrogen-bond acceptors (Lipinski definition) is 2. The Balaban J connectivity index is 1.88. The average molecular weight is 287 g/mol. The van der Waals surface area contributed by atoms with E-state index in [4.69, 9.17) is 5.73 Å². The molecule has 1 unspecified atom stereocenters. The minimum absolute atomic E-state index is 0.0851. The van der Waals surface area contributed by atoms with E-state index in [2.05, 4.69) is 16.9 Å². The summed E-state index contributed by atoms with van der Waals surface area (Å²) in [4.78, 5) is 0. The van der Waals surface area contributed by atoms with Gasteiger partial charge in [0.15, 0.2) is 0 Å². The number of hydrogen-bond donors (Lipinski definition) is 1. The van der Waals surface area contributed by atoms with Gasteiger partial charge in [0.05, 0.1) is 0 Å². The third-order valence-corrected chi connectivity index (χ3v) is 4.06. The summed E-state index contributed by atoms with van der Waals surface area (Å²) in [6.07, 6.45) is -0.898. The topological polar surface area (TPSA) is 35.2 Å². The molecule has 1 aliphatic carbocycles. The van der Waals surface area contributed by atoms with E-state index in [-0.39, 0.29) is 12.0 Å². The molecule has 0 amide bonds. The largest absolute Gasteiger partial charge is 0.411 e. The Morgan fingerprint density at radius 3 is 2.70 bits per heavy atom.